The number of rotatable bonds is 8. The Bertz CT molecular complexity index is 587. The Morgan fingerprint density at radius 1 is 1.36 bits per heavy atom. The molecule has 1 aromatic carbocycles. The van der Waals surface area contributed by atoms with Gasteiger partial charge in [-0.25, -0.2) is 4.98 Å². The second-order valence-electron chi connectivity index (χ2n) is 4.95. The number of nitrogens with one attached hydrogen (secondary N) is 2. The lowest BCUT2D eigenvalue weighted by molar-refractivity contribution is -0.118. The molecule has 0 fully saturated rings. The lowest BCUT2D eigenvalue weighted by atomic mass is 10.3. The van der Waals surface area contributed by atoms with Crippen LogP contribution < -0.4 is 10.2 Å². The minimum Gasteiger partial charge on any atom is -0.375 e. The Labute approximate surface area is 134 Å². The molecule has 118 valence electrons. The molecular formula is C15H21N5OS. The third kappa shape index (κ3) is 5.40. The van der Waals surface area contributed by atoms with E-state index in [1.807, 2.05) is 25.1 Å². The number of nitrogens with zero attached hydrogens (tertiary/aromatic N) is 3. The molecule has 22 heavy (non-hydrogen) atoms. The summed E-state index contributed by atoms with van der Waals surface area (Å²) < 4.78 is 0. The summed E-state index contributed by atoms with van der Waals surface area (Å²) in [5.41, 5.74) is 1.18. The van der Waals surface area contributed by atoms with Gasteiger partial charge in [-0.15, -0.1) is 5.10 Å². The highest BCUT2D eigenvalue weighted by Gasteiger charge is 2.06. The van der Waals surface area contributed by atoms with E-state index in [2.05, 4.69) is 44.6 Å². The van der Waals surface area contributed by atoms with Crippen molar-refractivity contribution in [1.29, 1.82) is 0 Å². The molecule has 2 rings (SSSR count). The van der Waals surface area contributed by atoms with Crippen molar-refractivity contribution in [2.24, 2.45) is 0 Å². The van der Waals surface area contributed by atoms with Crippen molar-refractivity contribution in [3.8, 4) is 0 Å². The first-order valence-corrected chi connectivity index (χ1v) is 8.18. The van der Waals surface area contributed by atoms with E-state index in [1.54, 1.807) is 0 Å². The standard InChI is InChI=1S/C15H21N5OS/c1-12-17-15(19-18-12)22-11-14(21)16-9-6-10-20(2)13-7-4-3-5-8-13/h3-5,7-8H,6,9-11H2,1-2H3,(H,16,21)(H,17,18,19). The van der Waals surface area contributed by atoms with Gasteiger partial charge in [-0.1, -0.05) is 30.0 Å². The highest BCUT2D eigenvalue weighted by atomic mass is 32.2. The third-order valence-corrected chi connectivity index (χ3v) is 3.95. The van der Waals surface area contributed by atoms with Crippen molar-refractivity contribution in [1.82, 2.24) is 20.5 Å². The quantitative estimate of drug-likeness (QED) is 0.574. The maximum absolute atomic E-state index is 11.7. The number of amides is 1. The average molecular weight is 319 g/mol. The summed E-state index contributed by atoms with van der Waals surface area (Å²) in [5, 5.41) is 10.3. The predicted molar refractivity (Wildman–Crippen MR) is 89.2 cm³/mol. The molecule has 0 aliphatic carbocycles. The number of hydrogen-bond donors (Lipinski definition) is 2. The molecule has 0 atom stereocenters. The van der Waals surface area contributed by atoms with Crippen LogP contribution in [0.15, 0.2) is 35.5 Å². The van der Waals surface area contributed by atoms with Gasteiger partial charge >= 0.3 is 0 Å². The van der Waals surface area contributed by atoms with Crippen molar-refractivity contribution in [2.45, 2.75) is 18.5 Å². The van der Waals surface area contributed by atoms with E-state index >= 15 is 0 Å². The Kier molecular flexibility index (Phi) is 6.27. The monoisotopic (exact) mass is 319 g/mol. The van der Waals surface area contributed by atoms with Gasteiger partial charge < -0.3 is 10.2 Å². The van der Waals surface area contributed by atoms with E-state index in [-0.39, 0.29) is 5.91 Å². The van der Waals surface area contributed by atoms with Gasteiger partial charge in [0.1, 0.15) is 5.82 Å². The number of para-hydroxylation sites is 1. The summed E-state index contributed by atoms with van der Waals surface area (Å²) in [6.45, 7) is 3.40. The summed E-state index contributed by atoms with van der Waals surface area (Å²) in [6, 6.07) is 10.2. The predicted octanol–water partition coefficient (Wildman–Crippen LogP) is 1.85. The zero-order valence-electron chi connectivity index (χ0n) is 12.9. The van der Waals surface area contributed by atoms with Crippen LogP contribution in [0.25, 0.3) is 0 Å². The maximum atomic E-state index is 11.7. The Hall–Kier alpha value is -2.02. The van der Waals surface area contributed by atoms with Crippen LogP contribution >= 0.6 is 11.8 Å². The molecule has 0 radical (unpaired) electrons. The third-order valence-electron chi connectivity index (χ3n) is 3.10. The van der Waals surface area contributed by atoms with E-state index < -0.39 is 0 Å². The van der Waals surface area contributed by atoms with Gasteiger partial charge in [-0.2, -0.15) is 0 Å². The van der Waals surface area contributed by atoms with Crippen LogP contribution in [0.2, 0.25) is 0 Å². The molecular weight excluding hydrogens is 298 g/mol. The number of aromatic amines is 1. The van der Waals surface area contributed by atoms with Crippen molar-refractivity contribution < 1.29 is 4.79 Å². The van der Waals surface area contributed by atoms with Gasteiger partial charge in [0.25, 0.3) is 0 Å². The normalized spacial score (nSPS) is 10.5. The lowest BCUT2D eigenvalue weighted by Crippen LogP contribution is -2.29. The maximum Gasteiger partial charge on any atom is 0.230 e. The molecule has 0 aliphatic rings. The molecule has 1 amide bonds. The molecule has 2 N–H and O–H groups in total. The minimum atomic E-state index is 0.00909. The first kappa shape index (κ1) is 16.4. The van der Waals surface area contributed by atoms with Gasteiger partial charge in [0.05, 0.1) is 5.75 Å². The van der Waals surface area contributed by atoms with Crippen LogP contribution in [-0.4, -0.2) is 47.0 Å². The van der Waals surface area contributed by atoms with Gasteiger partial charge in [0.15, 0.2) is 0 Å². The number of hydrogen-bond acceptors (Lipinski definition) is 5. The molecule has 0 saturated carbocycles. The fraction of sp³-hybridized carbons (Fsp3) is 0.400. The largest absolute Gasteiger partial charge is 0.375 e. The summed E-state index contributed by atoms with van der Waals surface area (Å²) in [7, 11) is 2.05. The zero-order chi connectivity index (χ0) is 15.8. The van der Waals surface area contributed by atoms with Crippen molar-refractivity contribution >= 4 is 23.4 Å². The number of thioether (sulfide) groups is 1. The average Bonchev–Trinajstić information content (AvgIpc) is 2.96. The molecule has 1 heterocycles. The van der Waals surface area contributed by atoms with Crippen LogP contribution in [0.5, 0.6) is 0 Å². The number of H-pyrrole nitrogens is 1. The van der Waals surface area contributed by atoms with Gasteiger partial charge in [-0.3, -0.25) is 9.89 Å². The van der Waals surface area contributed by atoms with E-state index in [0.29, 0.717) is 17.5 Å². The fourth-order valence-corrected chi connectivity index (χ4v) is 2.60. The van der Waals surface area contributed by atoms with Crippen molar-refractivity contribution in [3.63, 3.8) is 0 Å². The number of carbonyl (C=O) groups is 1. The van der Waals surface area contributed by atoms with Crippen LogP contribution in [0.3, 0.4) is 0 Å². The molecule has 0 bridgehead atoms. The van der Waals surface area contributed by atoms with Gasteiger partial charge in [0.2, 0.25) is 11.1 Å². The Morgan fingerprint density at radius 3 is 2.82 bits per heavy atom. The molecule has 6 nitrogen and oxygen atoms in total. The Morgan fingerprint density at radius 2 is 2.14 bits per heavy atom. The first-order chi connectivity index (χ1) is 10.6. The number of carbonyl (C=O) groups excluding carboxylic acids is 1. The van der Waals surface area contributed by atoms with E-state index in [4.69, 9.17) is 0 Å². The topological polar surface area (TPSA) is 73.9 Å². The number of aromatic nitrogens is 3. The number of aryl methyl sites for hydroxylation is 1. The first-order valence-electron chi connectivity index (χ1n) is 7.20. The molecule has 2 aromatic rings. The summed E-state index contributed by atoms with van der Waals surface area (Å²) in [4.78, 5) is 18.0. The molecule has 0 saturated heterocycles. The second-order valence-corrected chi connectivity index (χ2v) is 5.90. The summed E-state index contributed by atoms with van der Waals surface area (Å²) in [6.07, 6.45) is 0.904. The molecule has 0 spiro atoms. The molecule has 0 aliphatic heterocycles. The van der Waals surface area contributed by atoms with E-state index in [9.17, 15) is 4.79 Å². The van der Waals surface area contributed by atoms with Crippen molar-refractivity contribution in [3.05, 3.63) is 36.2 Å². The molecule has 7 heteroatoms. The zero-order valence-corrected chi connectivity index (χ0v) is 13.7. The summed E-state index contributed by atoms with van der Waals surface area (Å²) >= 11 is 1.33. The fourth-order valence-electron chi connectivity index (χ4n) is 1.92. The highest BCUT2D eigenvalue weighted by Crippen LogP contribution is 2.12. The Balaban J connectivity index is 1.59. The van der Waals surface area contributed by atoms with Crippen LogP contribution in [0.1, 0.15) is 12.2 Å². The SMILES string of the molecule is Cc1nc(SCC(=O)NCCCN(C)c2ccccc2)n[nH]1. The highest BCUT2D eigenvalue weighted by molar-refractivity contribution is 7.99. The number of benzene rings is 1. The van der Waals surface area contributed by atoms with Gasteiger partial charge in [-0.05, 0) is 25.5 Å². The molecule has 0 unspecified atom stereocenters. The molecule has 1 aromatic heterocycles. The lowest BCUT2D eigenvalue weighted by Gasteiger charge is -2.19. The van der Waals surface area contributed by atoms with Crippen molar-refractivity contribution in [2.75, 3.05) is 30.8 Å². The number of anilines is 1. The van der Waals surface area contributed by atoms with E-state index in [1.165, 1.54) is 17.4 Å². The summed E-state index contributed by atoms with van der Waals surface area (Å²) in [5.74, 6) is 1.10. The minimum absolute atomic E-state index is 0.00909. The second kappa shape index (κ2) is 8.43. The van der Waals surface area contributed by atoms with Crippen LogP contribution in [0, 0.1) is 6.92 Å². The van der Waals surface area contributed by atoms with Crippen LogP contribution in [0.4, 0.5) is 5.69 Å². The van der Waals surface area contributed by atoms with Crippen LogP contribution in [-0.2, 0) is 4.79 Å². The smallest absolute Gasteiger partial charge is 0.230 e. The van der Waals surface area contributed by atoms with E-state index in [0.717, 1.165) is 18.8 Å². The van der Waals surface area contributed by atoms with Gasteiger partial charge in [0, 0.05) is 25.8 Å².